The topological polar surface area (TPSA) is 247 Å². The third kappa shape index (κ3) is 17.7. The van der Waals surface area contributed by atoms with Gasteiger partial charge in [-0.05, 0) is 0 Å². The van der Waals surface area contributed by atoms with E-state index in [2.05, 4.69) is 0 Å². The van der Waals surface area contributed by atoms with Crippen LogP contribution in [0.2, 0.25) is 0 Å². The number of hydrogen-bond donors (Lipinski definition) is 2. The molecule has 2 atom stereocenters. The molecule has 0 aromatic carbocycles. The molecule has 0 saturated carbocycles. The monoisotopic (exact) mass is 282 g/mol. The van der Waals surface area contributed by atoms with Crippen LogP contribution in [0, 0.1) is 0 Å². The Bertz CT molecular complexity index is 147. The van der Waals surface area contributed by atoms with Crippen molar-refractivity contribution >= 4 is 11.9 Å². The zero-order chi connectivity index (χ0) is 8.31. The standard InChI is InChI=1S/C4H6O6.K.Na.4H2O/c5-1(3(7)8)2(6)4(9)10;;;;;;/h1-2,5-6H,(H,7,8)(H,9,10);;;4*1H2/q;2*+1;;;;/p-2/t1-,2-;;;;;;/m0....../s1. The third-order valence-corrected chi connectivity index (χ3v) is 0.782. The third-order valence-electron chi connectivity index (χ3n) is 0.782. The van der Waals surface area contributed by atoms with E-state index >= 15 is 0 Å². The average Bonchev–Trinajstić information content (AvgIpc) is 1.84. The number of aliphatic hydroxyl groups is 2. The fourth-order valence-electron chi connectivity index (χ4n) is 0.258. The van der Waals surface area contributed by atoms with Crippen molar-refractivity contribution in [1.82, 2.24) is 0 Å². The van der Waals surface area contributed by atoms with Gasteiger partial charge in [0, 0.05) is 0 Å². The molecule has 0 radical (unpaired) electrons. The van der Waals surface area contributed by atoms with Gasteiger partial charge in [0.25, 0.3) is 0 Å². The second-order valence-electron chi connectivity index (χ2n) is 1.53. The van der Waals surface area contributed by atoms with Crippen molar-refractivity contribution < 1.29 is 133 Å². The zero-order valence-corrected chi connectivity index (χ0v) is 13.8. The first-order chi connectivity index (χ1) is 4.46. The van der Waals surface area contributed by atoms with Crippen LogP contribution in [-0.4, -0.2) is 56.3 Å². The number of rotatable bonds is 3. The second-order valence-corrected chi connectivity index (χ2v) is 1.53. The van der Waals surface area contributed by atoms with Gasteiger partial charge in [0.15, 0.2) is 0 Å². The Balaban J connectivity index is -0.0000000270. The summed E-state index contributed by atoms with van der Waals surface area (Å²) in [5.41, 5.74) is 0. The van der Waals surface area contributed by atoms with Gasteiger partial charge in [-0.3, -0.25) is 0 Å². The van der Waals surface area contributed by atoms with Gasteiger partial charge >= 0.3 is 80.9 Å². The van der Waals surface area contributed by atoms with E-state index in [1.807, 2.05) is 0 Å². The number of hydrogen-bond acceptors (Lipinski definition) is 6. The van der Waals surface area contributed by atoms with Gasteiger partial charge in [0.2, 0.25) is 0 Å². The van der Waals surface area contributed by atoms with Gasteiger partial charge in [0.1, 0.15) is 12.2 Å². The molecule has 0 aliphatic heterocycles. The summed E-state index contributed by atoms with van der Waals surface area (Å²) in [6.07, 6.45) is -4.88. The van der Waals surface area contributed by atoms with Crippen LogP contribution in [-0.2, 0) is 9.59 Å². The van der Waals surface area contributed by atoms with Crippen LogP contribution in [0.5, 0.6) is 0 Å². The number of carboxylic acid groups (broad SMARTS) is 2. The molecule has 0 aromatic heterocycles. The molecule has 0 aromatic rings. The van der Waals surface area contributed by atoms with Crippen LogP contribution in [0.1, 0.15) is 0 Å². The van der Waals surface area contributed by atoms with Crippen LogP contribution < -0.4 is 91.2 Å². The van der Waals surface area contributed by atoms with Crippen molar-refractivity contribution in [2.24, 2.45) is 0 Å². The summed E-state index contributed by atoms with van der Waals surface area (Å²) in [6, 6.07) is 0. The maximum Gasteiger partial charge on any atom is 1.00 e. The maximum atomic E-state index is 9.63. The molecule has 0 rings (SSSR count). The van der Waals surface area contributed by atoms with Crippen molar-refractivity contribution in [3.05, 3.63) is 0 Å². The SMILES string of the molecule is O.O.O.O.O=C([O-])[C@@H](O)[C@H](O)C(=O)[O-].[K+].[Na+]. The number of carboxylic acids is 2. The minimum Gasteiger partial charge on any atom is -0.547 e. The van der Waals surface area contributed by atoms with E-state index < -0.39 is 24.1 Å². The molecule has 10 N–H and O–H groups in total. The minimum absolute atomic E-state index is 0. The largest absolute Gasteiger partial charge is 1.00 e. The van der Waals surface area contributed by atoms with Crippen molar-refractivity contribution in [3.63, 3.8) is 0 Å². The summed E-state index contributed by atoms with van der Waals surface area (Å²) in [7, 11) is 0. The van der Waals surface area contributed by atoms with E-state index in [1.54, 1.807) is 0 Å². The molecule has 12 heteroatoms. The fourth-order valence-corrected chi connectivity index (χ4v) is 0.258. The van der Waals surface area contributed by atoms with Crippen molar-refractivity contribution in [2.45, 2.75) is 12.2 Å². The molecule has 0 amide bonds. The van der Waals surface area contributed by atoms with Gasteiger partial charge in [-0.2, -0.15) is 0 Å². The molecule has 10 nitrogen and oxygen atoms in total. The predicted octanol–water partition coefficient (Wildman–Crippen LogP) is -14.1. The first-order valence-electron chi connectivity index (χ1n) is 2.24. The van der Waals surface area contributed by atoms with Crippen LogP contribution >= 0.6 is 0 Å². The van der Waals surface area contributed by atoms with E-state index in [4.69, 9.17) is 10.2 Å². The van der Waals surface area contributed by atoms with Crippen LogP contribution in [0.25, 0.3) is 0 Å². The van der Waals surface area contributed by atoms with Crippen LogP contribution in [0.15, 0.2) is 0 Å². The van der Waals surface area contributed by atoms with Crippen LogP contribution in [0.4, 0.5) is 0 Å². The molecule has 0 aliphatic carbocycles. The van der Waals surface area contributed by atoms with Crippen molar-refractivity contribution in [3.8, 4) is 0 Å². The van der Waals surface area contributed by atoms with Gasteiger partial charge in [0.05, 0.1) is 11.9 Å². The summed E-state index contributed by atoms with van der Waals surface area (Å²) in [6.45, 7) is 0. The van der Waals surface area contributed by atoms with E-state index in [-0.39, 0.29) is 103 Å². The number of carbonyl (C=O) groups is 2. The first-order valence-corrected chi connectivity index (χ1v) is 2.24. The predicted molar refractivity (Wildman–Crippen MR) is 36.5 cm³/mol. The number of carbonyl (C=O) groups excluding carboxylic acids is 2. The fraction of sp³-hybridized carbons (Fsp3) is 0.500. The van der Waals surface area contributed by atoms with Gasteiger partial charge < -0.3 is 51.9 Å². The molecule has 0 spiro atoms. The molecular weight excluding hydrogens is 270 g/mol. The Morgan fingerprint density at radius 2 is 0.938 bits per heavy atom. The maximum absolute atomic E-state index is 9.63. The normalized spacial score (nSPS) is 9.88. The first kappa shape index (κ1) is 43.3. The molecule has 0 saturated heterocycles. The molecule has 0 heterocycles. The number of aliphatic carboxylic acids is 2. The molecule has 0 unspecified atom stereocenters. The van der Waals surface area contributed by atoms with E-state index in [9.17, 15) is 19.8 Å². The minimum atomic E-state index is -2.44. The Labute approximate surface area is 155 Å². The van der Waals surface area contributed by atoms with E-state index in [0.29, 0.717) is 0 Å². The summed E-state index contributed by atoms with van der Waals surface area (Å²) < 4.78 is 0. The van der Waals surface area contributed by atoms with Crippen molar-refractivity contribution in [2.75, 3.05) is 0 Å². The van der Waals surface area contributed by atoms with Gasteiger partial charge in [-0.25, -0.2) is 0 Å². The molecule has 0 bridgehead atoms. The van der Waals surface area contributed by atoms with Crippen molar-refractivity contribution in [1.29, 1.82) is 0 Å². The number of aliphatic hydroxyl groups excluding tert-OH is 2. The van der Waals surface area contributed by atoms with E-state index in [1.165, 1.54) is 0 Å². The second kappa shape index (κ2) is 21.6. The summed E-state index contributed by atoms with van der Waals surface area (Å²) >= 11 is 0. The smallest absolute Gasteiger partial charge is 0.547 e. The van der Waals surface area contributed by atoms with Gasteiger partial charge in [-0.1, -0.05) is 0 Å². The molecule has 90 valence electrons. The zero-order valence-electron chi connectivity index (χ0n) is 8.68. The Hall–Kier alpha value is 1.34. The molecule has 16 heavy (non-hydrogen) atoms. The summed E-state index contributed by atoms with van der Waals surface area (Å²) in [5, 5.41) is 35.7. The summed E-state index contributed by atoms with van der Waals surface area (Å²) in [4.78, 5) is 19.3. The molecule has 0 aliphatic rings. The van der Waals surface area contributed by atoms with E-state index in [0.717, 1.165) is 0 Å². The van der Waals surface area contributed by atoms with Gasteiger partial charge in [-0.15, -0.1) is 0 Å². The average molecular weight is 282 g/mol. The Kier molecular flexibility index (Phi) is 58.5. The van der Waals surface area contributed by atoms with Crippen LogP contribution in [0.3, 0.4) is 0 Å². The Morgan fingerprint density at radius 1 is 0.812 bits per heavy atom. The Morgan fingerprint density at radius 3 is 1.00 bits per heavy atom. The molecular formula is C4H12KNaO10. The molecule has 0 fully saturated rings. The quantitative estimate of drug-likeness (QED) is 0.474. The summed E-state index contributed by atoms with van der Waals surface area (Å²) in [5.74, 6) is -4.12.